The van der Waals surface area contributed by atoms with Crippen LogP contribution in [0.5, 0.6) is 0 Å². The number of nitrogens with one attached hydrogen (secondary N) is 1. The largest absolute Gasteiger partial charge is 0.346 e. The van der Waals surface area contributed by atoms with Crippen LogP contribution in [0.1, 0.15) is 21.6 Å². The molecule has 3 heterocycles. The third-order valence-electron chi connectivity index (χ3n) is 5.25. The van der Waals surface area contributed by atoms with Gasteiger partial charge < -0.3 is 9.88 Å². The van der Waals surface area contributed by atoms with Gasteiger partial charge in [0.05, 0.1) is 36.0 Å². The molecule has 0 radical (unpaired) electrons. The second kappa shape index (κ2) is 8.07. The Hall–Kier alpha value is -4.33. The summed E-state index contributed by atoms with van der Waals surface area (Å²) in [5.41, 5.74) is 3.10. The molecule has 0 spiro atoms. The maximum Gasteiger partial charge on any atom is 0.277 e. The molecular weight excluding hydrogens is 409 g/mol. The SMILES string of the molecule is O=C(NCc1ccccn1)c1ccc2c(c1)n(Cc1cccc(F)c1)c(=O)c1ccnn12. The standard InChI is InChI=1S/C24H18FN5O2/c25-18-5-3-4-16(12-18)15-29-22-13-17(23(31)27-14-19-6-1-2-10-26-19)7-8-20(22)30-21(24(29)32)9-11-28-30/h1-13H,14-15H2,(H,27,31). The molecule has 5 aromatic rings. The van der Waals surface area contributed by atoms with E-state index in [1.165, 1.54) is 16.7 Å². The number of aromatic nitrogens is 4. The van der Waals surface area contributed by atoms with Gasteiger partial charge in [-0.15, -0.1) is 0 Å². The maximum absolute atomic E-state index is 13.7. The Balaban J connectivity index is 1.58. The minimum atomic E-state index is -0.375. The summed E-state index contributed by atoms with van der Waals surface area (Å²) in [5, 5.41) is 7.10. The van der Waals surface area contributed by atoms with Gasteiger partial charge in [-0.1, -0.05) is 18.2 Å². The van der Waals surface area contributed by atoms with Crippen molar-refractivity contribution >= 4 is 22.5 Å². The van der Waals surface area contributed by atoms with Crippen molar-refractivity contribution < 1.29 is 9.18 Å². The van der Waals surface area contributed by atoms with E-state index in [0.717, 1.165) is 5.69 Å². The third kappa shape index (κ3) is 3.62. The normalized spacial score (nSPS) is 11.2. The smallest absolute Gasteiger partial charge is 0.277 e. The van der Waals surface area contributed by atoms with Crippen molar-refractivity contribution in [1.29, 1.82) is 0 Å². The fraction of sp³-hybridized carbons (Fsp3) is 0.0833. The molecule has 0 aliphatic heterocycles. The highest BCUT2D eigenvalue weighted by Gasteiger charge is 2.15. The van der Waals surface area contributed by atoms with Crippen LogP contribution in [0.25, 0.3) is 16.6 Å². The lowest BCUT2D eigenvalue weighted by atomic mass is 10.1. The van der Waals surface area contributed by atoms with Gasteiger partial charge in [-0.05, 0) is 54.1 Å². The molecule has 158 valence electrons. The fourth-order valence-corrected chi connectivity index (χ4v) is 3.72. The van der Waals surface area contributed by atoms with E-state index in [1.54, 1.807) is 53.3 Å². The minimum Gasteiger partial charge on any atom is -0.346 e. The number of rotatable bonds is 5. The van der Waals surface area contributed by atoms with Crippen LogP contribution in [-0.4, -0.2) is 25.1 Å². The summed E-state index contributed by atoms with van der Waals surface area (Å²) in [7, 11) is 0. The van der Waals surface area contributed by atoms with Crippen molar-refractivity contribution in [3.05, 3.63) is 112 Å². The topological polar surface area (TPSA) is 81.3 Å². The molecule has 0 atom stereocenters. The van der Waals surface area contributed by atoms with Crippen LogP contribution in [0.4, 0.5) is 4.39 Å². The van der Waals surface area contributed by atoms with Crippen molar-refractivity contribution in [3.8, 4) is 0 Å². The number of carbonyl (C=O) groups excluding carboxylic acids is 1. The molecule has 0 saturated carbocycles. The maximum atomic E-state index is 13.7. The van der Waals surface area contributed by atoms with Crippen molar-refractivity contribution in [2.24, 2.45) is 0 Å². The van der Waals surface area contributed by atoms with E-state index in [-0.39, 0.29) is 30.4 Å². The van der Waals surface area contributed by atoms with Gasteiger partial charge >= 0.3 is 0 Å². The van der Waals surface area contributed by atoms with Crippen LogP contribution in [0.3, 0.4) is 0 Å². The second-order valence-corrected chi connectivity index (χ2v) is 7.36. The average Bonchev–Trinajstić information content (AvgIpc) is 3.31. The number of fused-ring (bicyclic) bond motifs is 3. The number of benzene rings is 2. The van der Waals surface area contributed by atoms with E-state index in [4.69, 9.17) is 0 Å². The number of nitrogens with zero attached hydrogens (tertiary/aromatic N) is 4. The molecule has 0 unspecified atom stereocenters. The lowest BCUT2D eigenvalue weighted by molar-refractivity contribution is 0.0950. The van der Waals surface area contributed by atoms with Crippen LogP contribution in [-0.2, 0) is 13.1 Å². The average molecular weight is 427 g/mol. The molecule has 32 heavy (non-hydrogen) atoms. The molecule has 1 N–H and O–H groups in total. The Bertz CT molecular complexity index is 1510. The predicted molar refractivity (Wildman–Crippen MR) is 118 cm³/mol. The Morgan fingerprint density at radius 2 is 1.84 bits per heavy atom. The van der Waals surface area contributed by atoms with Gasteiger partial charge in [0.15, 0.2) is 0 Å². The van der Waals surface area contributed by atoms with Crippen molar-refractivity contribution in [3.63, 3.8) is 0 Å². The Labute approximate surface area is 181 Å². The lowest BCUT2D eigenvalue weighted by Crippen LogP contribution is -2.25. The number of carbonyl (C=O) groups is 1. The van der Waals surface area contributed by atoms with Crippen LogP contribution >= 0.6 is 0 Å². The van der Waals surface area contributed by atoms with Crippen LogP contribution in [0.15, 0.2) is 83.9 Å². The summed E-state index contributed by atoms with van der Waals surface area (Å²) in [6.07, 6.45) is 3.22. The summed E-state index contributed by atoms with van der Waals surface area (Å²) < 4.78 is 16.8. The molecule has 8 heteroatoms. The van der Waals surface area contributed by atoms with Crippen molar-refractivity contribution in [2.75, 3.05) is 0 Å². The van der Waals surface area contributed by atoms with Gasteiger partial charge in [0, 0.05) is 11.8 Å². The van der Waals surface area contributed by atoms with E-state index in [9.17, 15) is 14.0 Å². The predicted octanol–water partition coefficient (Wildman–Crippen LogP) is 3.16. The molecule has 0 aliphatic carbocycles. The molecule has 5 rings (SSSR count). The zero-order valence-corrected chi connectivity index (χ0v) is 16.9. The molecule has 0 bridgehead atoms. The highest BCUT2D eigenvalue weighted by molar-refractivity contribution is 5.97. The van der Waals surface area contributed by atoms with Gasteiger partial charge in [0.2, 0.25) is 0 Å². The third-order valence-corrected chi connectivity index (χ3v) is 5.25. The summed E-state index contributed by atoms with van der Waals surface area (Å²) in [5.74, 6) is -0.664. The van der Waals surface area contributed by atoms with Gasteiger partial charge in [0.1, 0.15) is 11.3 Å². The lowest BCUT2D eigenvalue weighted by Gasteiger charge is -2.14. The van der Waals surface area contributed by atoms with Gasteiger partial charge in [-0.2, -0.15) is 5.10 Å². The number of amides is 1. The Morgan fingerprint density at radius 3 is 2.66 bits per heavy atom. The summed E-state index contributed by atoms with van der Waals surface area (Å²) >= 11 is 0. The van der Waals surface area contributed by atoms with Gasteiger partial charge in [-0.25, -0.2) is 8.91 Å². The zero-order chi connectivity index (χ0) is 22.1. The summed E-state index contributed by atoms with van der Waals surface area (Å²) in [6, 6.07) is 18.3. The molecule has 0 saturated heterocycles. The van der Waals surface area contributed by atoms with Crippen molar-refractivity contribution in [1.82, 2.24) is 24.5 Å². The van der Waals surface area contributed by atoms with Crippen molar-refractivity contribution in [2.45, 2.75) is 13.1 Å². The van der Waals surface area contributed by atoms with Gasteiger partial charge in [-0.3, -0.25) is 14.6 Å². The summed E-state index contributed by atoms with van der Waals surface area (Å²) in [6.45, 7) is 0.444. The molecule has 3 aromatic heterocycles. The minimum absolute atomic E-state index is 0.160. The Kier molecular flexibility index (Phi) is 4.95. The van der Waals surface area contributed by atoms with E-state index in [2.05, 4.69) is 15.4 Å². The fourth-order valence-electron chi connectivity index (χ4n) is 3.72. The highest BCUT2D eigenvalue weighted by Crippen LogP contribution is 2.18. The molecule has 7 nitrogen and oxygen atoms in total. The monoisotopic (exact) mass is 427 g/mol. The number of halogens is 1. The quantitative estimate of drug-likeness (QED) is 0.467. The van der Waals surface area contributed by atoms with E-state index >= 15 is 0 Å². The van der Waals surface area contributed by atoms with Gasteiger partial charge in [0.25, 0.3) is 11.5 Å². The number of pyridine rings is 1. The number of hydrogen-bond acceptors (Lipinski definition) is 4. The zero-order valence-electron chi connectivity index (χ0n) is 16.9. The van der Waals surface area contributed by atoms with E-state index in [0.29, 0.717) is 27.7 Å². The molecule has 0 aliphatic rings. The van der Waals surface area contributed by atoms with Crippen LogP contribution < -0.4 is 10.9 Å². The van der Waals surface area contributed by atoms with Crippen LogP contribution in [0, 0.1) is 5.82 Å². The Morgan fingerprint density at radius 1 is 0.938 bits per heavy atom. The number of hydrogen-bond donors (Lipinski definition) is 1. The van der Waals surface area contributed by atoms with Crippen LogP contribution in [0.2, 0.25) is 0 Å². The molecule has 2 aromatic carbocycles. The molecular formula is C24H18FN5O2. The first-order chi connectivity index (χ1) is 15.6. The first-order valence-corrected chi connectivity index (χ1v) is 10.0. The van der Waals surface area contributed by atoms with E-state index < -0.39 is 0 Å². The second-order valence-electron chi connectivity index (χ2n) is 7.36. The summed E-state index contributed by atoms with van der Waals surface area (Å²) in [4.78, 5) is 30.2. The first-order valence-electron chi connectivity index (χ1n) is 10.0. The first kappa shape index (κ1) is 19.6. The molecule has 1 amide bonds. The van der Waals surface area contributed by atoms with E-state index in [1.807, 2.05) is 18.2 Å². The molecule has 0 fully saturated rings. The highest BCUT2D eigenvalue weighted by atomic mass is 19.1.